The van der Waals surface area contributed by atoms with E-state index in [0.29, 0.717) is 23.9 Å². The molecule has 1 aliphatic carbocycles. The number of aliphatic hydroxyl groups is 1. The van der Waals surface area contributed by atoms with E-state index in [1.54, 1.807) is 16.4 Å². The normalized spacial score (nSPS) is 31.2. The first-order valence-corrected chi connectivity index (χ1v) is 8.65. The quantitative estimate of drug-likeness (QED) is 0.905. The van der Waals surface area contributed by atoms with Crippen molar-refractivity contribution in [3.63, 3.8) is 0 Å². The van der Waals surface area contributed by atoms with Crippen LogP contribution < -0.4 is 0 Å². The fourth-order valence-corrected chi connectivity index (χ4v) is 4.96. The van der Waals surface area contributed by atoms with Crippen LogP contribution in [-0.4, -0.2) is 37.0 Å². The van der Waals surface area contributed by atoms with Gasteiger partial charge in [0.05, 0.1) is 11.0 Å². The standard InChI is InChI=1S/C15H21NO3S/c1-11-2-5-14(6-3-11)20(18,19)16-9-12-4-7-15(17)13(8-12)10-16/h2-3,5-6,12-13,15,17H,4,7-10H2,1H3. The molecule has 0 radical (unpaired) electrons. The minimum absolute atomic E-state index is 0.0997. The molecule has 3 unspecified atom stereocenters. The number of hydrogen-bond acceptors (Lipinski definition) is 3. The Labute approximate surface area is 120 Å². The van der Waals surface area contributed by atoms with Crippen LogP contribution in [0.4, 0.5) is 0 Å². The maximum atomic E-state index is 12.7. The number of fused-ring (bicyclic) bond motifs is 2. The lowest BCUT2D eigenvalue weighted by atomic mass is 9.77. The van der Waals surface area contributed by atoms with Crippen LogP contribution in [0, 0.1) is 18.8 Å². The molecule has 20 heavy (non-hydrogen) atoms. The third-order valence-corrected chi connectivity index (χ3v) is 6.46. The van der Waals surface area contributed by atoms with E-state index < -0.39 is 10.0 Å². The van der Waals surface area contributed by atoms with Crippen molar-refractivity contribution >= 4 is 10.0 Å². The summed E-state index contributed by atoms with van der Waals surface area (Å²) in [6.45, 7) is 2.99. The van der Waals surface area contributed by atoms with E-state index in [1.807, 2.05) is 19.1 Å². The summed E-state index contributed by atoms with van der Waals surface area (Å²) in [6, 6.07) is 7.00. The van der Waals surface area contributed by atoms with Gasteiger partial charge in [-0.25, -0.2) is 8.42 Å². The second-order valence-electron chi connectivity index (χ2n) is 6.14. The zero-order valence-electron chi connectivity index (χ0n) is 11.7. The number of aryl methyl sites for hydroxylation is 1. The molecule has 2 bridgehead atoms. The lowest BCUT2D eigenvalue weighted by Gasteiger charge is -2.42. The minimum atomic E-state index is -3.42. The second-order valence-corrected chi connectivity index (χ2v) is 8.08. The molecule has 3 atom stereocenters. The summed E-state index contributed by atoms with van der Waals surface area (Å²) in [5, 5.41) is 9.99. The van der Waals surface area contributed by atoms with E-state index in [0.717, 1.165) is 24.8 Å². The molecule has 0 spiro atoms. The molecular weight excluding hydrogens is 274 g/mol. The summed E-state index contributed by atoms with van der Waals surface area (Å²) in [6.07, 6.45) is 2.36. The largest absolute Gasteiger partial charge is 0.393 e. The zero-order valence-corrected chi connectivity index (χ0v) is 12.5. The maximum Gasteiger partial charge on any atom is 0.243 e. The SMILES string of the molecule is Cc1ccc(S(=O)(=O)N2CC3CCC(O)C(C3)C2)cc1. The zero-order chi connectivity index (χ0) is 14.3. The molecule has 4 nitrogen and oxygen atoms in total. The average Bonchev–Trinajstić information content (AvgIpc) is 2.43. The lowest BCUT2D eigenvalue weighted by molar-refractivity contribution is 0.00939. The van der Waals surface area contributed by atoms with Crippen LogP contribution in [0.25, 0.3) is 0 Å². The highest BCUT2D eigenvalue weighted by molar-refractivity contribution is 7.89. The smallest absolute Gasteiger partial charge is 0.243 e. The highest BCUT2D eigenvalue weighted by atomic mass is 32.2. The fourth-order valence-electron chi connectivity index (χ4n) is 3.39. The predicted octanol–water partition coefficient (Wildman–Crippen LogP) is 1.78. The van der Waals surface area contributed by atoms with Gasteiger partial charge in [-0.2, -0.15) is 4.31 Å². The number of sulfonamides is 1. The van der Waals surface area contributed by atoms with E-state index in [-0.39, 0.29) is 12.0 Å². The molecule has 5 heteroatoms. The van der Waals surface area contributed by atoms with Gasteiger partial charge in [0.2, 0.25) is 10.0 Å². The lowest BCUT2D eigenvalue weighted by Crippen LogP contribution is -2.49. The average molecular weight is 295 g/mol. The van der Waals surface area contributed by atoms with Crippen LogP contribution in [0.5, 0.6) is 0 Å². The van der Waals surface area contributed by atoms with E-state index in [9.17, 15) is 13.5 Å². The van der Waals surface area contributed by atoms with Crippen molar-refractivity contribution in [3.8, 4) is 0 Å². The number of rotatable bonds is 2. The van der Waals surface area contributed by atoms with Gasteiger partial charge in [0.25, 0.3) is 0 Å². The second kappa shape index (κ2) is 5.13. The minimum Gasteiger partial charge on any atom is -0.393 e. The number of hydrogen-bond donors (Lipinski definition) is 1. The predicted molar refractivity (Wildman–Crippen MR) is 76.8 cm³/mol. The summed E-state index contributed by atoms with van der Waals surface area (Å²) >= 11 is 0. The Bertz CT molecular complexity index is 582. The van der Waals surface area contributed by atoms with Crippen LogP contribution in [0.3, 0.4) is 0 Å². The number of benzene rings is 1. The Morgan fingerprint density at radius 2 is 1.85 bits per heavy atom. The third-order valence-electron chi connectivity index (χ3n) is 4.61. The van der Waals surface area contributed by atoms with Crippen LogP contribution in [-0.2, 0) is 10.0 Å². The molecule has 3 rings (SSSR count). The summed E-state index contributed by atoms with van der Waals surface area (Å²) in [4.78, 5) is 0.359. The van der Waals surface area contributed by atoms with Crippen molar-refractivity contribution in [2.45, 2.75) is 37.2 Å². The summed E-state index contributed by atoms with van der Waals surface area (Å²) in [5.74, 6) is 0.500. The summed E-state index contributed by atoms with van der Waals surface area (Å²) in [5.41, 5.74) is 1.05. The topological polar surface area (TPSA) is 57.6 Å². The van der Waals surface area contributed by atoms with E-state index >= 15 is 0 Å². The van der Waals surface area contributed by atoms with Gasteiger partial charge >= 0.3 is 0 Å². The Hall–Kier alpha value is -0.910. The molecule has 1 aromatic carbocycles. The van der Waals surface area contributed by atoms with Gasteiger partial charge in [-0.15, -0.1) is 0 Å². The Balaban J connectivity index is 1.86. The van der Waals surface area contributed by atoms with Crippen molar-refractivity contribution < 1.29 is 13.5 Å². The van der Waals surface area contributed by atoms with Gasteiger partial charge < -0.3 is 5.11 Å². The van der Waals surface area contributed by atoms with Crippen molar-refractivity contribution in [2.24, 2.45) is 11.8 Å². The highest BCUT2D eigenvalue weighted by Gasteiger charge is 2.40. The van der Waals surface area contributed by atoms with Gasteiger partial charge in [-0.3, -0.25) is 0 Å². The third kappa shape index (κ3) is 2.50. The summed E-state index contributed by atoms with van der Waals surface area (Å²) in [7, 11) is -3.42. The molecule has 2 aliphatic rings. The fraction of sp³-hybridized carbons (Fsp3) is 0.600. The Morgan fingerprint density at radius 1 is 1.15 bits per heavy atom. The molecule has 2 fully saturated rings. The van der Waals surface area contributed by atoms with Gasteiger partial charge in [-0.05, 0) is 50.2 Å². The van der Waals surface area contributed by atoms with E-state index in [1.165, 1.54) is 0 Å². The van der Waals surface area contributed by atoms with Gasteiger partial charge in [0.1, 0.15) is 0 Å². The first-order chi connectivity index (χ1) is 9.46. The summed E-state index contributed by atoms with van der Waals surface area (Å²) < 4.78 is 26.9. The molecule has 110 valence electrons. The Kier molecular flexibility index (Phi) is 3.60. The molecule has 1 N–H and O–H groups in total. The van der Waals surface area contributed by atoms with Crippen molar-refractivity contribution in [3.05, 3.63) is 29.8 Å². The number of aliphatic hydroxyl groups excluding tert-OH is 1. The molecule has 1 heterocycles. The highest BCUT2D eigenvalue weighted by Crippen LogP contribution is 2.36. The van der Waals surface area contributed by atoms with Crippen molar-refractivity contribution in [1.82, 2.24) is 4.31 Å². The van der Waals surface area contributed by atoms with Gasteiger partial charge in [0, 0.05) is 13.1 Å². The van der Waals surface area contributed by atoms with E-state index in [4.69, 9.17) is 0 Å². The van der Waals surface area contributed by atoms with Crippen LogP contribution in [0.2, 0.25) is 0 Å². The number of nitrogens with zero attached hydrogens (tertiary/aromatic N) is 1. The monoisotopic (exact) mass is 295 g/mol. The molecular formula is C15H21NO3S. The first kappa shape index (κ1) is 14.0. The van der Waals surface area contributed by atoms with Gasteiger partial charge in [0.15, 0.2) is 0 Å². The number of piperidine rings is 1. The molecule has 0 amide bonds. The molecule has 1 aromatic rings. The van der Waals surface area contributed by atoms with Crippen molar-refractivity contribution in [2.75, 3.05) is 13.1 Å². The van der Waals surface area contributed by atoms with Crippen molar-refractivity contribution in [1.29, 1.82) is 0 Å². The van der Waals surface area contributed by atoms with E-state index in [2.05, 4.69) is 0 Å². The van der Waals surface area contributed by atoms with Gasteiger partial charge in [-0.1, -0.05) is 17.7 Å². The molecule has 1 saturated heterocycles. The van der Waals surface area contributed by atoms with Crippen LogP contribution >= 0.6 is 0 Å². The molecule has 1 aliphatic heterocycles. The molecule has 0 aromatic heterocycles. The maximum absolute atomic E-state index is 12.7. The Morgan fingerprint density at radius 3 is 2.55 bits per heavy atom. The van der Waals surface area contributed by atoms with Crippen LogP contribution in [0.15, 0.2) is 29.2 Å². The van der Waals surface area contributed by atoms with Crippen LogP contribution in [0.1, 0.15) is 24.8 Å². The first-order valence-electron chi connectivity index (χ1n) is 7.21. The molecule has 1 saturated carbocycles.